The molecule has 0 aliphatic carbocycles. The lowest BCUT2D eigenvalue weighted by molar-refractivity contribution is -0.118. The van der Waals surface area contributed by atoms with Gasteiger partial charge in [0.2, 0.25) is 5.91 Å². The number of halogens is 2. The van der Waals surface area contributed by atoms with Crippen LogP contribution >= 0.6 is 35.0 Å². The number of hydrogen-bond donors (Lipinski definition) is 1. The van der Waals surface area contributed by atoms with Crippen molar-refractivity contribution in [1.29, 1.82) is 0 Å². The number of carbonyl (C=O) groups is 1. The van der Waals surface area contributed by atoms with Crippen LogP contribution in [0.2, 0.25) is 10.0 Å². The summed E-state index contributed by atoms with van der Waals surface area (Å²) in [6.07, 6.45) is 0. The zero-order valence-corrected chi connectivity index (χ0v) is 19.4. The van der Waals surface area contributed by atoms with E-state index in [2.05, 4.69) is 15.5 Å². The van der Waals surface area contributed by atoms with Crippen molar-refractivity contribution < 1.29 is 4.79 Å². The molecule has 3 aromatic rings. The van der Waals surface area contributed by atoms with Gasteiger partial charge in [0, 0.05) is 18.7 Å². The Hall–Kier alpha value is -2.06. The van der Waals surface area contributed by atoms with Gasteiger partial charge in [-0.25, -0.2) is 0 Å². The second-order valence-electron chi connectivity index (χ2n) is 7.05. The lowest BCUT2D eigenvalue weighted by Gasteiger charge is -2.12. The number of thioether (sulfide) groups is 1. The Kier molecular flexibility index (Phi) is 7.77. The molecule has 158 valence electrons. The van der Waals surface area contributed by atoms with Crippen molar-refractivity contribution in [2.45, 2.75) is 12.1 Å². The molecule has 0 aliphatic heterocycles. The minimum atomic E-state index is -0.0533. The van der Waals surface area contributed by atoms with Crippen LogP contribution in [0.3, 0.4) is 0 Å². The van der Waals surface area contributed by atoms with E-state index in [1.54, 1.807) is 12.1 Å². The summed E-state index contributed by atoms with van der Waals surface area (Å²) in [6.45, 7) is 3.41. The summed E-state index contributed by atoms with van der Waals surface area (Å²) < 4.78 is 1.89. The summed E-state index contributed by atoms with van der Waals surface area (Å²) in [6, 6.07) is 13.4. The molecule has 30 heavy (non-hydrogen) atoms. The highest BCUT2D eigenvalue weighted by Crippen LogP contribution is 2.31. The number of likely N-dealkylation sites (N-methyl/N-ethyl adjacent to an activating group) is 1. The van der Waals surface area contributed by atoms with E-state index < -0.39 is 0 Å². The summed E-state index contributed by atoms with van der Waals surface area (Å²) in [5, 5.41) is 13.1. The second kappa shape index (κ2) is 10.3. The Morgan fingerprint density at radius 3 is 2.50 bits per heavy atom. The third kappa shape index (κ3) is 5.76. The summed E-state index contributed by atoms with van der Waals surface area (Å²) in [5.74, 6) is 0.854. The number of aryl methyl sites for hydroxylation is 1. The molecule has 2 aromatic carbocycles. The lowest BCUT2D eigenvalue weighted by atomic mass is 10.1. The third-order valence-electron chi connectivity index (χ3n) is 4.32. The predicted molar refractivity (Wildman–Crippen MR) is 124 cm³/mol. The van der Waals surface area contributed by atoms with Crippen LogP contribution in [0.1, 0.15) is 5.56 Å². The summed E-state index contributed by atoms with van der Waals surface area (Å²) in [4.78, 5) is 14.2. The summed E-state index contributed by atoms with van der Waals surface area (Å²) >= 11 is 13.7. The number of rotatable bonds is 8. The maximum absolute atomic E-state index is 12.2. The molecule has 0 aliphatic rings. The number of carbonyl (C=O) groups excluding carboxylic acids is 1. The van der Waals surface area contributed by atoms with Crippen molar-refractivity contribution in [3.05, 3.63) is 58.1 Å². The normalized spacial score (nSPS) is 11.1. The van der Waals surface area contributed by atoms with Crippen molar-refractivity contribution >= 4 is 40.9 Å². The quantitative estimate of drug-likeness (QED) is 0.503. The number of nitrogens with one attached hydrogen (secondary N) is 1. The van der Waals surface area contributed by atoms with Crippen LogP contribution in [0, 0.1) is 6.92 Å². The number of aromatic nitrogens is 3. The van der Waals surface area contributed by atoms with E-state index in [9.17, 15) is 4.79 Å². The molecule has 3 rings (SSSR count). The van der Waals surface area contributed by atoms with Gasteiger partial charge in [-0.3, -0.25) is 9.36 Å². The molecule has 1 N–H and O–H groups in total. The molecular weight excluding hydrogens is 441 g/mol. The van der Waals surface area contributed by atoms with Crippen molar-refractivity contribution in [3.63, 3.8) is 0 Å². The minimum absolute atomic E-state index is 0.0533. The maximum Gasteiger partial charge on any atom is 0.230 e. The smallest absolute Gasteiger partial charge is 0.230 e. The van der Waals surface area contributed by atoms with E-state index in [0.29, 0.717) is 27.6 Å². The minimum Gasteiger partial charge on any atom is -0.354 e. The van der Waals surface area contributed by atoms with Gasteiger partial charge in [-0.05, 0) is 39.2 Å². The second-order valence-corrected chi connectivity index (χ2v) is 8.80. The maximum atomic E-state index is 12.2. The van der Waals surface area contributed by atoms with Crippen LogP contribution in [0.5, 0.6) is 0 Å². The van der Waals surface area contributed by atoms with Crippen LogP contribution < -0.4 is 5.32 Å². The van der Waals surface area contributed by atoms with E-state index in [4.69, 9.17) is 23.2 Å². The first-order valence-electron chi connectivity index (χ1n) is 9.37. The van der Waals surface area contributed by atoms with Crippen molar-refractivity contribution in [2.75, 3.05) is 32.9 Å². The summed E-state index contributed by atoms with van der Waals surface area (Å²) in [7, 11) is 3.93. The first kappa shape index (κ1) is 22.6. The zero-order valence-electron chi connectivity index (χ0n) is 17.0. The van der Waals surface area contributed by atoms with Gasteiger partial charge in [0.25, 0.3) is 0 Å². The molecule has 9 heteroatoms. The molecule has 1 heterocycles. The molecule has 6 nitrogen and oxygen atoms in total. The van der Waals surface area contributed by atoms with E-state index in [1.807, 2.05) is 60.8 Å². The van der Waals surface area contributed by atoms with Crippen molar-refractivity contribution in [1.82, 2.24) is 25.0 Å². The van der Waals surface area contributed by atoms with E-state index in [-0.39, 0.29) is 11.7 Å². The Balaban J connectivity index is 1.88. The molecule has 0 unspecified atom stereocenters. The van der Waals surface area contributed by atoms with Gasteiger partial charge in [0.15, 0.2) is 11.0 Å². The Morgan fingerprint density at radius 1 is 1.10 bits per heavy atom. The SMILES string of the molecule is Cc1ccc(-c2nnc(SCC(=O)NCCN(C)C)n2-c2ccc(Cl)c(Cl)c2)cc1. The van der Waals surface area contributed by atoms with Crippen molar-refractivity contribution in [3.8, 4) is 17.1 Å². The third-order valence-corrected chi connectivity index (χ3v) is 5.99. The van der Waals surface area contributed by atoms with Gasteiger partial charge >= 0.3 is 0 Å². The Morgan fingerprint density at radius 2 is 1.83 bits per heavy atom. The van der Waals surface area contributed by atoms with E-state index in [1.165, 1.54) is 11.8 Å². The fraction of sp³-hybridized carbons (Fsp3) is 0.286. The van der Waals surface area contributed by atoms with Crippen LogP contribution in [0.15, 0.2) is 47.6 Å². The topological polar surface area (TPSA) is 63.1 Å². The number of nitrogens with zero attached hydrogens (tertiary/aromatic N) is 4. The molecule has 0 radical (unpaired) electrons. The molecule has 1 amide bonds. The average molecular weight is 464 g/mol. The molecule has 0 spiro atoms. The average Bonchev–Trinajstić information content (AvgIpc) is 3.12. The monoisotopic (exact) mass is 463 g/mol. The van der Waals surface area contributed by atoms with Crippen LogP contribution in [0.25, 0.3) is 17.1 Å². The number of benzene rings is 2. The van der Waals surface area contributed by atoms with Gasteiger partial charge in [-0.2, -0.15) is 0 Å². The molecule has 0 saturated carbocycles. The van der Waals surface area contributed by atoms with E-state index in [0.717, 1.165) is 23.4 Å². The van der Waals surface area contributed by atoms with E-state index >= 15 is 0 Å². The number of hydrogen-bond acceptors (Lipinski definition) is 5. The van der Waals surface area contributed by atoms with Crippen molar-refractivity contribution in [2.24, 2.45) is 0 Å². The van der Waals surface area contributed by atoms with Gasteiger partial charge < -0.3 is 10.2 Å². The Bertz CT molecular complexity index is 1020. The molecule has 0 bridgehead atoms. The number of amides is 1. The zero-order chi connectivity index (χ0) is 21.7. The van der Waals surface area contributed by atoms with Gasteiger partial charge in [-0.15, -0.1) is 10.2 Å². The fourth-order valence-corrected chi connectivity index (χ4v) is 3.78. The molecule has 0 atom stereocenters. The fourth-order valence-electron chi connectivity index (χ4n) is 2.71. The van der Waals surface area contributed by atoms with Crippen LogP contribution in [-0.2, 0) is 4.79 Å². The summed E-state index contributed by atoms with van der Waals surface area (Å²) in [5.41, 5.74) is 2.85. The first-order chi connectivity index (χ1) is 14.3. The standard InChI is InChI=1S/C21H23Cl2N5OS/c1-14-4-6-15(7-5-14)20-25-26-21(30-13-19(29)24-10-11-27(2)3)28(20)16-8-9-17(22)18(23)12-16/h4-9,12H,10-11,13H2,1-3H3,(H,24,29). The largest absolute Gasteiger partial charge is 0.354 e. The van der Waals surface area contributed by atoms with Gasteiger partial charge in [0.05, 0.1) is 21.5 Å². The lowest BCUT2D eigenvalue weighted by Crippen LogP contribution is -2.32. The van der Waals surface area contributed by atoms with Gasteiger partial charge in [-0.1, -0.05) is 64.8 Å². The molecule has 1 aromatic heterocycles. The van der Waals surface area contributed by atoms with Gasteiger partial charge in [0.1, 0.15) is 0 Å². The molecular formula is C21H23Cl2N5OS. The highest BCUT2D eigenvalue weighted by atomic mass is 35.5. The highest BCUT2D eigenvalue weighted by molar-refractivity contribution is 7.99. The highest BCUT2D eigenvalue weighted by Gasteiger charge is 2.18. The molecule has 0 fully saturated rings. The molecule has 0 saturated heterocycles. The first-order valence-corrected chi connectivity index (χ1v) is 11.1. The predicted octanol–water partition coefficient (Wildman–Crippen LogP) is 4.32. The van der Waals surface area contributed by atoms with Crippen LogP contribution in [-0.4, -0.2) is 58.5 Å². The Labute approximate surface area is 190 Å². The van der Waals surface area contributed by atoms with Crippen LogP contribution in [0.4, 0.5) is 0 Å².